The van der Waals surface area contributed by atoms with Gasteiger partial charge in [-0.15, -0.1) is 0 Å². The molecule has 0 spiro atoms. The van der Waals surface area contributed by atoms with Gasteiger partial charge in [-0.3, -0.25) is 9.78 Å². The lowest BCUT2D eigenvalue weighted by Crippen LogP contribution is -2.11. The number of aromatic nitrogens is 5. The highest BCUT2D eigenvalue weighted by Crippen LogP contribution is 2.40. The van der Waals surface area contributed by atoms with Gasteiger partial charge >= 0.3 is 0 Å². The van der Waals surface area contributed by atoms with E-state index in [2.05, 4.69) is 175 Å². The number of carbonyl (C=O) groups is 1. The van der Waals surface area contributed by atoms with Crippen molar-refractivity contribution in [2.24, 2.45) is 0 Å². The van der Waals surface area contributed by atoms with Gasteiger partial charge in [-0.2, -0.15) is 0 Å². The summed E-state index contributed by atoms with van der Waals surface area (Å²) in [4.78, 5) is 37.5. The molecule has 0 atom stereocenters. The first kappa shape index (κ1) is 51.4. The van der Waals surface area contributed by atoms with Gasteiger partial charge in [0.1, 0.15) is 0 Å². The minimum absolute atomic E-state index is 0.193. The van der Waals surface area contributed by atoms with Crippen LogP contribution >= 0.6 is 0 Å². The van der Waals surface area contributed by atoms with Crippen LogP contribution in [0.1, 0.15) is 128 Å². The predicted molar refractivity (Wildman–Crippen MR) is 328 cm³/mol. The van der Waals surface area contributed by atoms with Gasteiger partial charge in [0.15, 0.2) is 0 Å². The predicted octanol–water partition coefficient (Wildman–Crippen LogP) is 18.8. The van der Waals surface area contributed by atoms with Gasteiger partial charge in [0.2, 0.25) is 0 Å². The molecule has 5 aromatic carbocycles. The molecule has 0 radical (unpaired) electrons. The number of pyridine rings is 1. The summed E-state index contributed by atoms with van der Waals surface area (Å²) in [6.45, 7) is 6.78. The van der Waals surface area contributed by atoms with Gasteiger partial charge in [0.25, 0.3) is 5.91 Å². The fourth-order valence-electron chi connectivity index (χ4n) is 11.1. The Hall–Kier alpha value is -8.68. The third kappa shape index (κ3) is 11.5. The molecule has 8 bridgehead atoms. The standard InChI is InChI=1S/C71H68N6O/c1-4-7-10-18-48-21-13-25-53(43-48)67-59-31-33-61(74-59)68(54-26-14-22-49(44-54)19-11-8-5-2)63-35-37-65(76-63)70(56-28-17-30-58(47-56)73-71(78)57-29-16-24-52(46-57)51-39-41-72-42-40-51)66-38-36-64(77-66)69(62-34-32-60(67)75-62)55-27-15-23-50(45-55)20-12-9-6-3/h13-17,21-47,74,77H,4-12,18-20H2,1-3H3,(H,73,78). The van der Waals surface area contributed by atoms with E-state index < -0.39 is 0 Å². The quantitative estimate of drug-likeness (QED) is 0.0703. The summed E-state index contributed by atoms with van der Waals surface area (Å²) in [6.07, 6.45) is 25.8. The van der Waals surface area contributed by atoms with Gasteiger partial charge in [0, 0.05) is 68.0 Å². The van der Waals surface area contributed by atoms with Crippen molar-refractivity contribution in [1.82, 2.24) is 24.9 Å². The minimum Gasteiger partial charge on any atom is -0.354 e. The second kappa shape index (κ2) is 24.1. The number of nitrogens with zero attached hydrogens (tertiary/aromatic N) is 3. The highest BCUT2D eigenvalue weighted by atomic mass is 16.1. The summed E-state index contributed by atoms with van der Waals surface area (Å²) in [6, 6.07) is 55.6. The lowest BCUT2D eigenvalue weighted by atomic mass is 9.99. The first-order valence-corrected chi connectivity index (χ1v) is 28.3. The number of rotatable bonds is 19. The van der Waals surface area contributed by atoms with E-state index in [1.165, 1.54) is 55.2 Å². The van der Waals surface area contributed by atoms with Gasteiger partial charge in [-0.25, -0.2) is 9.97 Å². The second-order valence-corrected chi connectivity index (χ2v) is 20.8. The van der Waals surface area contributed by atoms with Crippen molar-refractivity contribution in [1.29, 1.82) is 0 Å². The molecule has 1 amide bonds. The Kier molecular flexibility index (Phi) is 15.9. The van der Waals surface area contributed by atoms with E-state index in [9.17, 15) is 4.79 Å². The Bertz CT molecular complexity index is 3810. The maximum atomic E-state index is 14.1. The number of amides is 1. The molecule has 0 aliphatic carbocycles. The molecule has 2 aliphatic heterocycles. The first-order chi connectivity index (χ1) is 38.4. The molecule has 9 aromatic rings. The first-order valence-electron chi connectivity index (χ1n) is 28.3. The van der Waals surface area contributed by atoms with Crippen LogP contribution < -0.4 is 5.32 Å². The number of H-pyrrole nitrogens is 2. The molecule has 78 heavy (non-hydrogen) atoms. The topological polar surface area (TPSA) is 99.3 Å². The lowest BCUT2D eigenvalue weighted by molar-refractivity contribution is 0.102. The van der Waals surface area contributed by atoms with Crippen LogP contribution in [0.15, 0.2) is 170 Å². The zero-order chi connectivity index (χ0) is 53.2. The number of benzene rings is 5. The van der Waals surface area contributed by atoms with Crippen molar-refractivity contribution in [3.05, 3.63) is 215 Å². The Morgan fingerprint density at radius 3 is 1.21 bits per heavy atom. The van der Waals surface area contributed by atoms with E-state index in [1.807, 2.05) is 48.5 Å². The Morgan fingerprint density at radius 1 is 0.397 bits per heavy atom. The number of fused-ring (bicyclic) bond motifs is 8. The summed E-state index contributed by atoms with van der Waals surface area (Å²) in [7, 11) is 0. The Balaban J connectivity index is 1.15. The average molecular weight is 1020 g/mol. The molecule has 2 aliphatic rings. The molecule has 0 saturated heterocycles. The lowest BCUT2D eigenvalue weighted by Gasteiger charge is -2.10. The monoisotopic (exact) mass is 1020 g/mol. The number of anilines is 1. The summed E-state index contributed by atoms with van der Waals surface area (Å²) in [5.41, 5.74) is 22.7. The number of unbranched alkanes of at least 4 members (excludes halogenated alkanes) is 6. The molecular weight excluding hydrogens is 953 g/mol. The zero-order valence-electron chi connectivity index (χ0n) is 45.2. The van der Waals surface area contributed by atoms with Crippen LogP contribution in [0.4, 0.5) is 5.69 Å². The molecule has 4 aromatic heterocycles. The fraction of sp³-hybridized carbons (Fsp3) is 0.211. The van der Waals surface area contributed by atoms with Crippen molar-refractivity contribution in [2.45, 2.75) is 97.8 Å². The van der Waals surface area contributed by atoms with Crippen LogP contribution in [-0.4, -0.2) is 30.8 Å². The smallest absolute Gasteiger partial charge is 0.255 e. The van der Waals surface area contributed by atoms with Gasteiger partial charge < -0.3 is 15.3 Å². The molecule has 6 heterocycles. The molecule has 7 heteroatoms. The summed E-state index contributed by atoms with van der Waals surface area (Å²) in [5.74, 6) is -0.193. The summed E-state index contributed by atoms with van der Waals surface area (Å²) < 4.78 is 0. The van der Waals surface area contributed by atoms with Crippen LogP contribution in [-0.2, 0) is 19.3 Å². The minimum atomic E-state index is -0.193. The number of aromatic amines is 2. The molecule has 7 nitrogen and oxygen atoms in total. The molecule has 11 rings (SSSR count). The SMILES string of the molecule is CCCCCc1cccc(-c2c3nc(c(-c4cccc(CCCCC)c4)c4ccc([nH]4)c(-c4cccc(NC(=O)c5cccc(-c6ccncc6)c5)c4)c4nc(c(-c5cccc(CCCCC)c5)c5ccc2[nH]5)C=C4)C=C3)c1. The molecule has 388 valence electrons. The number of aryl methyl sites for hydroxylation is 3. The second-order valence-electron chi connectivity index (χ2n) is 20.8. The normalized spacial score (nSPS) is 11.8. The van der Waals surface area contributed by atoms with Crippen LogP contribution in [0.3, 0.4) is 0 Å². The Morgan fingerprint density at radius 2 is 0.782 bits per heavy atom. The highest BCUT2D eigenvalue weighted by Gasteiger charge is 2.20. The third-order valence-corrected chi connectivity index (χ3v) is 15.2. The van der Waals surface area contributed by atoms with E-state index in [-0.39, 0.29) is 5.91 Å². The van der Waals surface area contributed by atoms with Crippen LogP contribution in [0.5, 0.6) is 0 Å². The van der Waals surface area contributed by atoms with Crippen molar-refractivity contribution in [3.8, 4) is 55.6 Å². The third-order valence-electron chi connectivity index (χ3n) is 15.2. The molecule has 3 N–H and O–H groups in total. The number of carbonyl (C=O) groups excluding carboxylic acids is 1. The van der Waals surface area contributed by atoms with E-state index in [0.29, 0.717) is 11.3 Å². The van der Waals surface area contributed by atoms with Crippen molar-refractivity contribution >= 4 is 58.0 Å². The van der Waals surface area contributed by atoms with Gasteiger partial charge in [-0.05, 0) is 174 Å². The van der Waals surface area contributed by atoms with Gasteiger partial charge in [-0.1, -0.05) is 156 Å². The van der Waals surface area contributed by atoms with Crippen LogP contribution in [0.25, 0.3) is 102 Å². The molecule has 0 unspecified atom stereocenters. The number of hydrogen-bond donors (Lipinski definition) is 3. The number of nitrogens with one attached hydrogen (secondary N) is 3. The largest absolute Gasteiger partial charge is 0.354 e. The maximum Gasteiger partial charge on any atom is 0.255 e. The fourth-order valence-corrected chi connectivity index (χ4v) is 11.1. The molecule has 0 fully saturated rings. The summed E-state index contributed by atoms with van der Waals surface area (Å²) >= 11 is 0. The average Bonchev–Trinajstić information content (AvgIpc) is 4.43. The van der Waals surface area contributed by atoms with Crippen molar-refractivity contribution in [2.75, 3.05) is 5.32 Å². The highest BCUT2D eigenvalue weighted by molar-refractivity contribution is 6.06. The van der Waals surface area contributed by atoms with E-state index in [1.54, 1.807) is 12.4 Å². The van der Waals surface area contributed by atoms with E-state index in [4.69, 9.17) is 9.97 Å². The maximum absolute atomic E-state index is 14.1. The van der Waals surface area contributed by atoms with E-state index >= 15 is 0 Å². The van der Waals surface area contributed by atoms with Gasteiger partial charge in [0.05, 0.1) is 22.8 Å². The van der Waals surface area contributed by atoms with Crippen LogP contribution in [0.2, 0.25) is 0 Å². The molecule has 0 saturated carbocycles. The van der Waals surface area contributed by atoms with E-state index in [0.717, 1.165) is 139 Å². The van der Waals surface area contributed by atoms with Crippen molar-refractivity contribution < 1.29 is 4.79 Å². The number of hydrogen-bond acceptors (Lipinski definition) is 4. The Labute approximate surface area is 459 Å². The van der Waals surface area contributed by atoms with Crippen molar-refractivity contribution in [3.63, 3.8) is 0 Å². The summed E-state index contributed by atoms with van der Waals surface area (Å²) in [5, 5.41) is 3.23. The zero-order valence-corrected chi connectivity index (χ0v) is 45.2. The van der Waals surface area contributed by atoms with Crippen LogP contribution in [0, 0.1) is 0 Å². The molecular formula is C71H68N6O.